The second-order valence-corrected chi connectivity index (χ2v) is 20.2. The van der Waals surface area contributed by atoms with Gasteiger partial charge in [-0.05, 0) is 89.4 Å². The summed E-state index contributed by atoms with van der Waals surface area (Å²) in [5.74, 6) is 3.04. The maximum Gasteiger partial charge on any atom is 0.163 e. The number of rotatable bonds is 7. The minimum absolute atomic E-state index is 0. The van der Waals surface area contributed by atoms with Crippen molar-refractivity contribution >= 4 is 33.0 Å². The molecular formula is C61H59FIrN6O-2. The van der Waals surface area contributed by atoms with E-state index in [-0.39, 0.29) is 59.6 Å². The fraction of sp³-hybridized carbons (Fsp3) is 0.262. The molecule has 10 aromatic rings. The van der Waals surface area contributed by atoms with Gasteiger partial charge in [-0.15, -0.1) is 48.0 Å². The first-order valence-corrected chi connectivity index (χ1v) is 23.3. The van der Waals surface area contributed by atoms with E-state index in [9.17, 15) is 4.39 Å². The van der Waals surface area contributed by atoms with E-state index in [0.717, 1.165) is 73.8 Å². The molecule has 6 aromatic carbocycles. The van der Waals surface area contributed by atoms with Crippen molar-refractivity contribution in [2.75, 3.05) is 0 Å². The molecule has 1 radical (unpaired) electrons. The van der Waals surface area contributed by atoms with Crippen LogP contribution in [-0.4, -0.2) is 29.5 Å². The van der Waals surface area contributed by atoms with Crippen LogP contribution in [0.2, 0.25) is 0 Å². The van der Waals surface area contributed by atoms with Crippen LogP contribution >= 0.6 is 0 Å². The molecule has 10 rings (SSSR count). The summed E-state index contributed by atoms with van der Waals surface area (Å²) in [5.41, 5.74) is 10.9. The monoisotopic (exact) mass is 1110 g/mol. The number of aryl methyl sites for hydroxylation is 2. The second kappa shape index (κ2) is 19.6. The Morgan fingerprint density at radius 3 is 1.96 bits per heavy atom. The van der Waals surface area contributed by atoms with Crippen molar-refractivity contribution in [3.8, 4) is 50.8 Å². The summed E-state index contributed by atoms with van der Waals surface area (Å²) >= 11 is 0. The van der Waals surface area contributed by atoms with Gasteiger partial charge < -0.3 is 14.0 Å². The molecule has 4 aromatic heterocycles. The number of hydrogen-bond acceptors (Lipinski definition) is 6. The van der Waals surface area contributed by atoms with E-state index < -0.39 is 19.5 Å². The number of hydrogen-bond donors (Lipinski definition) is 0. The van der Waals surface area contributed by atoms with Gasteiger partial charge in [0, 0.05) is 67.8 Å². The van der Waals surface area contributed by atoms with E-state index in [2.05, 4.69) is 182 Å². The Bertz CT molecular complexity index is 3680. The molecule has 70 heavy (non-hydrogen) atoms. The average Bonchev–Trinajstić information content (AvgIpc) is 3.96. The maximum absolute atomic E-state index is 12.9. The van der Waals surface area contributed by atoms with Crippen LogP contribution in [0.15, 0.2) is 132 Å². The third-order valence-electron chi connectivity index (χ3n) is 12.2. The molecule has 7 nitrogen and oxygen atoms in total. The first-order chi connectivity index (χ1) is 35.3. The fourth-order valence-electron chi connectivity index (χ4n) is 8.43. The minimum Gasteiger partial charge on any atom is -0.501 e. The van der Waals surface area contributed by atoms with E-state index in [1.165, 1.54) is 46.1 Å². The number of nitrogens with zero attached hydrogens (tertiary/aromatic N) is 6. The van der Waals surface area contributed by atoms with Crippen molar-refractivity contribution in [2.45, 2.75) is 106 Å². The predicted molar refractivity (Wildman–Crippen MR) is 280 cm³/mol. The van der Waals surface area contributed by atoms with E-state index in [1.54, 1.807) is 0 Å². The van der Waals surface area contributed by atoms with Gasteiger partial charge in [-0.3, -0.25) is 9.37 Å². The third-order valence-corrected chi connectivity index (χ3v) is 12.2. The SMILES string of the molecule is CC(C)c1cc(-c2ccccc2)cc(C(C)C)c1-n1c(-c2[c-]ccc3c2oc2cc(-c4nc(C(C)(C)C)nc(C(C)(C)C)n4)ccc23)nc2ccccc21.[2H]C([2H])([2H])c1cnc(-c2[c-]cc(F)cc2)cc1C([2H])([2H])[2H].[Ir]. The van der Waals surface area contributed by atoms with Crippen LogP contribution in [-0.2, 0) is 30.9 Å². The molecule has 0 aliphatic rings. The molecule has 0 aliphatic heterocycles. The van der Waals surface area contributed by atoms with Crippen LogP contribution in [0, 0.1) is 31.7 Å². The molecule has 0 saturated heterocycles. The quantitative estimate of drug-likeness (QED) is 0.148. The molecule has 4 heterocycles. The Morgan fingerprint density at radius 1 is 0.657 bits per heavy atom. The molecular weight excluding hydrogens is 1040 g/mol. The zero-order valence-corrected chi connectivity index (χ0v) is 43.5. The molecule has 0 bridgehead atoms. The van der Waals surface area contributed by atoms with Crippen molar-refractivity contribution in [2.24, 2.45) is 0 Å². The number of halogens is 1. The zero-order valence-electron chi connectivity index (χ0n) is 47.1. The normalized spacial score (nSPS) is 13.6. The van der Waals surface area contributed by atoms with Crippen LogP contribution in [0.4, 0.5) is 4.39 Å². The molecule has 0 amide bonds. The number of aromatic nitrogens is 6. The Balaban J connectivity index is 0.000000293. The number of para-hydroxylation sites is 2. The topological polar surface area (TPSA) is 82.5 Å². The average molecular weight is 1110 g/mol. The van der Waals surface area contributed by atoms with E-state index in [1.807, 2.05) is 6.07 Å². The van der Waals surface area contributed by atoms with Crippen molar-refractivity contribution in [3.05, 3.63) is 179 Å². The van der Waals surface area contributed by atoms with Crippen LogP contribution in [0.1, 0.15) is 123 Å². The van der Waals surface area contributed by atoms with E-state index in [4.69, 9.17) is 32.6 Å². The Labute approximate surface area is 433 Å². The number of imidazole rings is 1. The second-order valence-electron chi connectivity index (χ2n) is 20.2. The summed E-state index contributed by atoms with van der Waals surface area (Å²) in [6, 6.07) is 45.3. The summed E-state index contributed by atoms with van der Waals surface area (Å²) < 4.78 is 66.7. The third kappa shape index (κ3) is 9.88. The number of benzene rings is 6. The summed E-state index contributed by atoms with van der Waals surface area (Å²) in [6.45, 7) is 16.8. The first-order valence-electron chi connectivity index (χ1n) is 26.3. The molecule has 9 heteroatoms. The van der Waals surface area contributed by atoms with Crippen LogP contribution in [0.25, 0.3) is 83.8 Å². The smallest absolute Gasteiger partial charge is 0.163 e. The van der Waals surface area contributed by atoms with Crippen molar-refractivity contribution in [3.63, 3.8) is 0 Å². The maximum atomic E-state index is 12.9. The van der Waals surface area contributed by atoms with E-state index >= 15 is 0 Å². The molecule has 357 valence electrons. The van der Waals surface area contributed by atoms with Gasteiger partial charge in [-0.2, -0.15) is 0 Å². The van der Waals surface area contributed by atoms with Crippen LogP contribution in [0.3, 0.4) is 0 Å². The van der Waals surface area contributed by atoms with Gasteiger partial charge >= 0.3 is 0 Å². The Kier molecular flexibility index (Phi) is 11.8. The van der Waals surface area contributed by atoms with Crippen LogP contribution in [0.5, 0.6) is 0 Å². The molecule has 0 spiro atoms. The summed E-state index contributed by atoms with van der Waals surface area (Å²) in [6.07, 6.45) is 1.03. The van der Waals surface area contributed by atoms with E-state index in [0.29, 0.717) is 11.4 Å². The molecule has 0 atom stereocenters. The summed E-state index contributed by atoms with van der Waals surface area (Å²) in [5, 5.41) is 2.03. The Morgan fingerprint density at radius 2 is 1.33 bits per heavy atom. The van der Waals surface area contributed by atoms with Gasteiger partial charge in [0.1, 0.15) is 17.2 Å². The van der Waals surface area contributed by atoms with Gasteiger partial charge in [0.05, 0.1) is 22.4 Å². The standard InChI is InChI=1S/C48H48N5O.C13H11FN.Ir/c1-28(2)36-25-32(30-17-12-11-13-18-30)26-37(29(3)4)41(36)53-39-22-15-14-21-38(39)49-44(53)35-20-16-19-34-33-24-23-31(27-40(33)54-42(34)35)43-50-45(47(5,6)7)52-46(51-43)48(8,9)10;1-9-7-13(15-8-10(9)2)11-3-5-12(14)6-4-11;/h11-19,21-29H,1-10H3;3,5-8H,1-2H3;/q2*-1;/i;1D3,2D3;. The van der Waals surface area contributed by atoms with Gasteiger partial charge in [0.2, 0.25) is 0 Å². The number of pyridine rings is 1. The molecule has 0 aliphatic carbocycles. The summed E-state index contributed by atoms with van der Waals surface area (Å²) in [7, 11) is 0. The van der Waals surface area contributed by atoms with Gasteiger partial charge in [0.15, 0.2) is 5.82 Å². The van der Waals surface area contributed by atoms with Gasteiger partial charge in [0.25, 0.3) is 0 Å². The van der Waals surface area contributed by atoms with Crippen molar-refractivity contribution in [1.82, 2.24) is 29.5 Å². The van der Waals surface area contributed by atoms with Gasteiger partial charge in [-0.25, -0.2) is 15.0 Å². The van der Waals surface area contributed by atoms with Crippen molar-refractivity contribution in [1.29, 1.82) is 0 Å². The fourth-order valence-corrected chi connectivity index (χ4v) is 8.43. The molecule has 0 fully saturated rings. The first kappa shape index (κ1) is 42.2. The van der Waals surface area contributed by atoms with Crippen LogP contribution < -0.4 is 0 Å². The molecule has 0 unspecified atom stereocenters. The predicted octanol–water partition coefficient (Wildman–Crippen LogP) is 16.1. The number of fused-ring (bicyclic) bond motifs is 4. The largest absolute Gasteiger partial charge is 0.501 e. The zero-order chi connectivity index (χ0) is 53.9. The summed E-state index contributed by atoms with van der Waals surface area (Å²) in [4.78, 5) is 24.1. The van der Waals surface area contributed by atoms with Gasteiger partial charge in [-0.1, -0.05) is 146 Å². The molecule has 0 saturated carbocycles. The molecule has 0 N–H and O–H groups in total. The Hall–Kier alpha value is -6.67. The minimum atomic E-state index is -2.58. The number of furan rings is 1. The van der Waals surface area contributed by atoms with Crippen molar-refractivity contribution < 1.29 is 37.1 Å².